The fourth-order valence-corrected chi connectivity index (χ4v) is 5.43. The third-order valence-corrected chi connectivity index (χ3v) is 7.20. The van der Waals surface area contributed by atoms with E-state index >= 15 is 0 Å². The molecule has 5 rings (SSSR count). The van der Waals surface area contributed by atoms with Crippen molar-refractivity contribution >= 4 is 34.6 Å². The van der Waals surface area contributed by atoms with Crippen molar-refractivity contribution in [3.8, 4) is 11.5 Å². The van der Waals surface area contributed by atoms with E-state index in [-0.39, 0.29) is 33.1 Å². The van der Waals surface area contributed by atoms with Crippen LogP contribution in [0, 0.1) is 16.0 Å². The van der Waals surface area contributed by atoms with Crippen LogP contribution in [0.15, 0.2) is 30.3 Å². The van der Waals surface area contributed by atoms with Crippen molar-refractivity contribution in [2.75, 3.05) is 18.1 Å². The number of anilines is 1. The van der Waals surface area contributed by atoms with Gasteiger partial charge in [0.1, 0.15) is 12.0 Å². The van der Waals surface area contributed by atoms with E-state index in [0.717, 1.165) is 32.4 Å². The van der Waals surface area contributed by atoms with Crippen molar-refractivity contribution in [3.63, 3.8) is 0 Å². The molecule has 6 nitrogen and oxygen atoms in total. The SMILES string of the molecule is CC1CC12CN(C1CCCCO1)c1ccc(Oc3c(Cl)cc([N+](=O)[O-])cc3Cl)cc12. The summed E-state index contributed by atoms with van der Waals surface area (Å²) >= 11 is 12.4. The Morgan fingerprint density at radius 3 is 2.57 bits per heavy atom. The second-order valence-electron chi connectivity index (χ2n) is 8.49. The zero-order chi connectivity index (χ0) is 21.0. The molecule has 2 aliphatic heterocycles. The van der Waals surface area contributed by atoms with E-state index in [0.29, 0.717) is 11.7 Å². The van der Waals surface area contributed by atoms with Gasteiger partial charge in [-0.05, 0) is 55.4 Å². The Labute approximate surface area is 184 Å². The second kappa shape index (κ2) is 7.29. The number of benzene rings is 2. The molecule has 1 saturated heterocycles. The van der Waals surface area contributed by atoms with Crippen molar-refractivity contribution in [2.24, 2.45) is 5.92 Å². The van der Waals surface area contributed by atoms with Crippen LogP contribution in [-0.2, 0) is 10.2 Å². The zero-order valence-corrected chi connectivity index (χ0v) is 18.1. The largest absolute Gasteiger partial charge is 0.454 e. The molecule has 8 heteroatoms. The zero-order valence-electron chi connectivity index (χ0n) is 16.6. The highest BCUT2D eigenvalue weighted by atomic mass is 35.5. The predicted octanol–water partition coefficient (Wildman–Crippen LogP) is 6.32. The van der Waals surface area contributed by atoms with Gasteiger partial charge in [0.05, 0.1) is 15.0 Å². The maximum Gasteiger partial charge on any atom is 0.272 e. The third kappa shape index (κ3) is 3.22. The van der Waals surface area contributed by atoms with Gasteiger partial charge in [0.15, 0.2) is 5.75 Å². The Morgan fingerprint density at radius 1 is 1.23 bits per heavy atom. The fraction of sp³-hybridized carbons (Fsp3) is 0.455. The summed E-state index contributed by atoms with van der Waals surface area (Å²) in [6, 6.07) is 8.55. The topological polar surface area (TPSA) is 64.8 Å². The van der Waals surface area contributed by atoms with E-state index in [9.17, 15) is 10.1 Å². The number of halogens is 2. The highest BCUT2D eigenvalue weighted by molar-refractivity contribution is 6.37. The minimum absolute atomic E-state index is 0.112. The van der Waals surface area contributed by atoms with E-state index in [1.54, 1.807) is 0 Å². The van der Waals surface area contributed by atoms with Gasteiger partial charge in [-0.1, -0.05) is 30.1 Å². The van der Waals surface area contributed by atoms with Gasteiger partial charge in [0.2, 0.25) is 0 Å². The quantitative estimate of drug-likeness (QED) is 0.404. The van der Waals surface area contributed by atoms with Gasteiger partial charge in [-0.15, -0.1) is 0 Å². The number of fused-ring (bicyclic) bond motifs is 2. The third-order valence-electron chi connectivity index (χ3n) is 6.64. The number of hydrogen-bond donors (Lipinski definition) is 0. The molecule has 1 aliphatic carbocycles. The van der Waals surface area contributed by atoms with Crippen molar-refractivity contribution in [3.05, 3.63) is 56.1 Å². The Morgan fingerprint density at radius 2 is 1.97 bits per heavy atom. The molecule has 0 bridgehead atoms. The molecule has 0 amide bonds. The normalized spacial score (nSPS) is 27.2. The first-order chi connectivity index (χ1) is 14.4. The van der Waals surface area contributed by atoms with Crippen LogP contribution in [0.5, 0.6) is 11.5 Å². The minimum atomic E-state index is -0.531. The Balaban J connectivity index is 1.47. The number of nitro benzene ring substituents is 1. The van der Waals surface area contributed by atoms with Gasteiger partial charge in [-0.3, -0.25) is 10.1 Å². The Kier molecular flexibility index (Phi) is 4.84. The van der Waals surface area contributed by atoms with E-state index in [1.165, 1.54) is 29.8 Å². The highest BCUT2D eigenvalue weighted by Crippen LogP contribution is 2.62. The van der Waals surface area contributed by atoms with Gasteiger partial charge in [-0.25, -0.2) is 0 Å². The van der Waals surface area contributed by atoms with Gasteiger partial charge < -0.3 is 14.4 Å². The summed E-state index contributed by atoms with van der Waals surface area (Å²) in [7, 11) is 0. The first-order valence-electron chi connectivity index (χ1n) is 10.2. The summed E-state index contributed by atoms with van der Waals surface area (Å²) in [6.45, 7) is 4.07. The molecule has 2 aromatic carbocycles. The molecule has 30 heavy (non-hydrogen) atoms. The van der Waals surface area contributed by atoms with Crippen LogP contribution in [0.2, 0.25) is 10.0 Å². The summed E-state index contributed by atoms with van der Waals surface area (Å²) < 4.78 is 12.1. The molecule has 0 aromatic heterocycles. The van der Waals surface area contributed by atoms with Gasteiger partial charge in [0, 0.05) is 36.4 Å². The van der Waals surface area contributed by atoms with Crippen LogP contribution in [0.25, 0.3) is 0 Å². The lowest BCUT2D eigenvalue weighted by molar-refractivity contribution is -0.384. The minimum Gasteiger partial charge on any atom is -0.454 e. The summed E-state index contributed by atoms with van der Waals surface area (Å²) in [6.07, 6.45) is 4.65. The highest BCUT2D eigenvalue weighted by Gasteiger charge is 2.59. The Hall–Kier alpha value is -2.02. The summed E-state index contributed by atoms with van der Waals surface area (Å²) in [5.41, 5.74) is 2.45. The van der Waals surface area contributed by atoms with E-state index < -0.39 is 4.92 Å². The van der Waals surface area contributed by atoms with Crippen LogP contribution in [0.1, 0.15) is 38.2 Å². The van der Waals surface area contributed by atoms with Gasteiger partial charge in [-0.2, -0.15) is 0 Å². The molecule has 3 unspecified atom stereocenters. The molecular weight excluding hydrogens is 427 g/mol. The molecule has 0 N–H and O–H groups in total. The maximum absolute atomic E-state index is 11.0. The molecule has 3 aliphatic rings. The van der Waals surface area contributed by atoms with E-state index in [4.69, 9.17) is 32.7 Å². The molecule has 2 heterocycles. The first kappa shape index (κ1) is 19.9. The van der Waals surface area contributed by atoms with Crippen LogP contribution in [0.4, 0.5) is 11.4 Å². The van der Waals surface area contributed by atoms with Crippen LogP contribution in [0.3, 0.4) is 0 Å². The number of ether oxygens (including phenoxy) is 2. The van der Waals surface area contributed by atoms with Crippen LogP contribution in [-0.4, -0.2) is 24.3 Å². The van der Waals surface area contributed by atoms with Crippen molar-refractivity contribution in [1.29, 1.82) is 0 Å². The molecule has 2 fully saturated rings. The lowest BCUT2D eigenvalue weighted by atomic mass is 9.96. The lowest BCUT2D eigenvalue weighted by Crippen LogP contribution is -2.40. The molecule has 3 atom stereocenters. The second-order valence-corrected chi connectivity index (χ2v) is 9.30. The monoisotopic (exact) mass is 448 g/mol. The van der Waals surface area contributed by atoms with Gasteiger partial charge in [0.25, 0.3) is 5.69 Å². The average Bonchev–Trinajstić information content (AvgIpc) is 3.27. The van der Waals surface area contributed by atoms with Crippen molar-refractivity contribution < 1.29 is 14.4 Å². The van der Waals surface area contributed by atoms with Crippen molar-refractivity contribution in [2.45, 2.75) is 44.2 Å². The maximum atomic E-state index is 11.0. The van der Waals surface area contributed by atoms with Crippen LogP contribution < -0.4 is 9.64 Å². The summed E-state index contributed by atoms with van der Waals surface area (Å²) in [5, 5.41) is 11.2. The first-order valence-corrected chi connectivity index (χ1v) is 11.0. The number of nitro groups is 1. The molecule has 158 valence electrons. The lowest BCUT2D eigenvalue weighted by Gasteiger charge is -2.33. The molecule has 1 spiro atoms. The Bertz CT molecular complexity index is 1000. The molecular formula is C22H22Cl2N2O4. The summed E-state index contributed by atoms with van der Waals surface area (Å²) in [5.74, 6) is 1.45. The van der Waals surface area contributed by atoms with Crippen LogP contribution >= 0.6 is 23.2 Å². The van der Waals surface area contributed by atoms with Crippen molar-refractivity contribution in [1.82, 2.24) is 0 Å². The fourth-order valence-electron chi connectivity index (χ4n) is 4.88. The van der Waals surface area contributed by atoms with E-state index in [2.05, 4.69) is 24.0 Å². The molecule has 0 radical (unpaired) electrons. The van der Waals surface area contributed by atoms with Gasteiger partial charge >= 0.3 is 0 Å². The standard InChI is InChI=1S/C22H22Cl2N2O4/c1-13-11-22(13)12-25(20-4-2-3-7-29-20)19-6-5-15(10-16(19)22)30-21-17(23)8-14(26(27)28)9-18(21)24/h5-6,8-10,13,20H,2-4,7,11-12H2,1H3. The smallest absolute Gasteiger partial charge is 0.272 e. The predicted molar refractivity (Wildman–Crippen MR) is 116 cm³/mol. The van der Waals surface area contributed by atoms with E-state index in [1.807, 2.05) is 6.07 Å². The molecule has 1 saturated carbocycles. The number of rotatable bonds is 4. The summed E-state index contributed by atoms with van der Waals surface area (Å²) in [4.78, 5) is 12.9. The number of hydrogen-bond acceptors (Lipinski definition) is 5. The molecule has 2 aromatic rings. The number of nitrogens with zero attached hydrogens (tertiary/aromatic N) is 2. The number of non-ortho nitro benzene ring substituents is 1. The average molecular weight is 449 g/mol.